The van der Waals surface area contributed by atoms with Crippen molar-refractivity contribution in [1.82, 2.24) is 14.8 Å². The number of carbonyl (C=O) groups excluding carboxylic acids is 2. The van der Waals surface area contributed by atoms with E-state index >= 15 is 0 Å². The average Bonchev–Trinajstić information content (AvgIpc) is 3.07. The molecule has 0 unspecified atom stereocenters. The number of esters is 1. The van der Waals surface area contributed by atoms with Gasteiger partial charge in [0.15, 0.2) is 18.2 Å². The van der Waals surface area contributed by atoms with Gasteiger partial charge in [-0.3, -0.25) is 4.79 Å². The molecule has 0 N–H and O–H groups in total. The van der Waals surface area contributed by atoms with Gasteiger partial charge in [-0.25, -0.2) is 14.5 Å². The van der Waals surface area contributed by atoms with Crippen LogP contribution in [0.5, 0.6) is 0 Å². The van der Waals surface area contributed by atoms with Gasteiger partial charge < -0.3 is 4.74 Å². The Hall–Kier alpha value is -3.49. The van der Waals surface area contributed by atoms with Crippen LogP contribution < -0.4 is 0 Å². The topological polar surface area (TPSA) is 74.1 Å². The number of rotatable bonds is 5. The Labute approximate surface area is 163 Å². The number of ether oxygens (including phenoxy) is 1. The lowest BCUT2D eigenvalue weighted by molar-refractivity contribution is -0.137. The number of benzene rings is 1. The number of hydrogen-bond acceptors (Lipinski definition) is 5. The first kappa shape index (κ1) is 20.2. The molecule has 0 saturated carbocycles. The van der Waals surface area contributed by atoms with Crippen molar-refractivity contribution in [1.29, 1.82) is 0 Å². The van der Waals surface area contributed by atoms with Crippen LogP contribution in [0.3, 0.4) is 0 Å². The van der Waals surface area contributed by atoms with E-state index in [2.05, 4.69) is 10.1 Å². The van der Waals surface area contributed by atoms with Crippen molar-refractivity contribution in [3.05, 3.63) is 76.7 Å². The van der Waals surface area contributed by atoms with E-state index in [1.54, 1.807) is 31.2 Å². The Morgan fingerprint density at radius 1 is 1.03 bits per heavy atom. The van der Waals surface area contributed by atoms with Gasteiger partial charge in [-0.1, -0.05) is 29.8 Å². The molecule has 0 amide bonds. The second-order valence-corrected chi connectivity index (χ2v) is 6.32. The lowest BCUT2D eigenvalue weighted by Gasteiger charge is -2.08. The van der Waals surface area contributed by atoms with E-state index in [4.69, 9.17) is 4.74 Å². The minimum atomic E-state index is -4.50. The number of ketones is 1. The lowest BCUT2D eigenvalue weighted by Crippen LogP contribution is -2.15. The fourth-order valence-corrected chi connectivity index (χ4v) is 2.55. The molecule has 0 spiro atoms. The molecule has 6 nitrogen and oxygen atoms in total. The third-order valence-corrected chi connectivity index (χ3v) is 4.23. The van der Waals surface area contributed by atoms with Crippen molar-refractivity contribution in [3.63, 3.8) is 0 Å². The number of Topliss-reactive ketones (excluding diaryl/α,β-unsaturated/α-hetero) is 1. The van der Waals surface area contributed by atoms with Crippen molar-refractivity contribution in [3.8, 4) is 5.82 Å². The number of halogens is 3. The molecule has 2 aromatic heterocycles. The fraction of sp³-hybridized carbons (Fsp3) is 0.200. The van der Waals surface area contributed by atoms with E-state index < -0.39 is 24.3 Å². The van der Waals surface area contributed by atoms with Crippen LogP contribution in [0.4, 0.5) is 13.2 Å². The van der Waals surface area contributed by atoms with E-state index in [1.165, 1.54) is 10.9 Å². The molecule has 150 valence electrons. The Morgan fingerprint density at radius 2 is 1.72 bits per heavy atom. The predicted molar refractivity (Wildman–Crippen MR) is 96.9 cm³/mol. The number of hydrogen-bond donors (Lipinski definition) is 0. The predicted octanol–water partition coefficient (Wildman–Crippen LogP) is 3.94. The molecular formula is C20H16F3N3O3. The summed E-state index contributed by atoms with van der Waals surface area (Å²) in [7, 11) is 0. The third-order valence-electron chi connectivity index (χ3n) is 4.23. The lowest BCUT2D eigenvalue weighted by atomic mass is 10.1. The number of aromatic nitrogens is 3. The molecule has 29 heavy (non-hydrogen) atoms. The number of pyridine rings is 1. The summed E-state index contributed by atoms with van der Waals surface area (Å²) in [5.74, 6) is -1.00. The van der Waals surface area contributed by atoms with Crippen LogP contribution in [-0.2, 0) is 10.9 Å². The van der Waals surface area contributed by atoms with Gasteiger partial charge in [0.1, 0.15) is 5.56 Å². The smallest absolute Gasteiger partial charge is 0.417 e. The van der Waals surface area contributed by atoms with Crippen LogP contribution in [0.2, 0.25) is 0 Å². The van der Waals surface area contributed by atoms with Gasteiger partial charge in [-0.2, -0.15) is 18.3 Å². The largest absolute Gasteiger partial charge is 0.454 e. The second-order valence-electron chi connectivity index (χ2n) is 6.32. The Balaban J connectivity index is 1.70. The van der Waals surface area contributed by atoms with Gasteiger partial charge in [-0.05, 0) is 26.0 Å². The number of alkyl halides is 3. The van der Waals surface area contributed by atoms with Crippen LogP contribution in [0.25, 0.3) is 5.82 Å². The van der Waals surface area contributed by atoms with Crippen LogP contribution in [0.1, 0.15) is 37.5 Å². The van der Waals surface area contributed by atoms with Crippen LogP contribution in [-0.4, -0.2) is 33.1 Å². The first-order valence-electron chi connectivity index (χ1n) is 8.52. The van der Waals surface area contributed by atoms with E-state index in [-0.39, 0.29) is 17.2 Å². The average molecular weight is 403 g/mol. The maximum absolute atomic E-state index is 12.7. The SMILES string of the molecule is Cc1ccc(C(=O)COC(=O)c2cnn(-c3ccc(C(F)(F)F)cn3)c2C)cc1. The molecule has 0 radical (unpaired) electrons. The van der Waals surface area contributed by atoms with E-state index in [0.29, 0.717) is 17.5 Å². The molecule has 0 saturated heterocycles. The highest BCUT2D eigenvalue weighted by atomic mass is 19.4. The minimum Gasteiger partial charge on any atom is -0.454 e. The Kier molecular flexibility index (Phi) is 5.49. The van der Waals surface area contributed by atoms with Crippen LogP contribution >= 0.6 is 0 Å². The summed E-state index contributed by atoms with van der Waals surface area (Å²) in [4.78, 5) is 28.1. The molecule has 3 rings (SSSR count). The zero-order valence-electron chi connectivity index (χ0n) is 15.5. The van der Waals surface area contributed by atoms with Gasteiger partial charge in [0.2, 0.25) is 0 Å². The summed E-state index contributed by atoms with van der Waals surface area (Å²) in [6, 6.07) is 8.87. The van der Waals surface area contributed by atoms with E-state index in [1.807, 2.05) is 6.92 Å². The van der Waals surface area contributed by atoms with Gasteiger partial charge in [-0.15, -0.1) is 0 Å². The summed E-state index contributed by atoms with van der Waals surface area (Å²) >= 11 is 0. The maximum atomic E-state index is 12.7. The molecule has 0 fully saturated rings. The first-order chi connectivity index (χ1) is 13.7. The van der Waals surface area contributed by atoms with Crippen molar-refractivity contribution in [2.75, 3.05) is 6.61 Å². The molecule has 2 heterocycles. The number of aryl methyl sites for hydroxylation is 1. The van der Waals surface area contributed by atoms with Gasteiger partial charge in [0.25, 0.3) is 0 Å². The van der Waals surface area contributed by atoms with Crippen molar-refractivity contribution in [2.45, 2.75) is 20.0 Å². The fourth-order valence-electron chi connectivity index (χ4n) is 2.55. The molecule has 0 aliphatic rings. The zero-order chi connectivity index (χ0) is 21.2. The van der Waals surface area contributed by atoms with E-state index in [9.17, 15) is 22.8 Å². The highest BCUT2D eigenvalue weighted by Gasteiger charge is 2.31. The first-order valence-corrected chi connectivity index (χ1v) is 8.52. The van der Waals surface area contributed by atoms with E-state index in [0.717, 1.165) is 17.7 Å². The Bertz CT molecular complexity index is 1040. The molecule has 0 atom stereocenters. The monoisotopic (exact) mass is 403 g/mol. The standard InChI is InChI=1S/C20H16F3N3O3/c1-12-3-5-14(6-4-12)17(27)11-29-19(28)16-10-25-26(13(16)2)18-8-7-15(9-24-18)20(21,22)23/h3-10H,11H2,1-2H3. The molecule has 9 heteroatoms. The molecule has 3 aromatic rings. The normalized spacial score (nSPS) is 11.3. The number of carbonyl (C=O) groups is 2. The molecule has 0 bridgehead atoms. The molecule has 1 aromatic carbocycles. The number of nitrogens with zero attached hydrogens (tertiary/aromatic N) is 3. The second kappa shape index (κ2) is 7.86. The summed E-state index contributed by atoms with van der Waals surface area (Å²) < 4.78 is 44.2. The quantitative estimate of drug-likeness (QED) is 0.477. The third kappa shape index (κ3) is 4.50. The molecular weight excluding hydrogens is 387 g/mol. The highest BCUT2D eigenvalue weighted by molar-refractivity contribution is 5.99. The van der Waals surface area contributed by atoms with Gasteiger partial charge in [0.05, 0.1) is 17.5 Å². The summed E-state index contributed by atoms with van der Waals surface area (Å²) in [6.45, 7) is 3.00. The van der Waals surface area contributed by atoms with Crippen molar-refractivity contribution in [2.24, 2.45) is 0 Å². The highest BCUT2D eigenvalue weighted by Crippen LogP contribution is 2.28. The minimum absolute atomic E-state index is 0.0865. The molecule has 0 aliphatic carbocycles. The van der Waals surface area contributed by atoms with Gasteiger partial charge >= 0.3 is 12.1 Å². The molecule has 0 aliphatic heterocycles. The summed E-state index contributed by atoms with van der Waals surface area (Å²) in [5, 5.41) is 3.98. The van der Waals surface area contributed by atoms with Crippen molar-refractivity contribution < 1.29 is 27.5 Å². The van der Waals surface area contributed by atoms with Crippen molar-refractivity contribution >= 4 is 11.8 Å². The van der Waals surface area contributed by atoms with Crippen LogP contribution in [0, 0.1) is 13.8 Å². The zero-order valence-corrected chi connectivity index (χ0v) is 15.5. The van der Waals surface area contributed by atoms with Gasteiger partial charge in [0, 0.05) is 11.8 Å². The van der Waals surface area contributed by atoms with Crippen LogP contribution in [0.15, 0.2) is 48.8 Å². The summed E-state index contributed by atoms with van der Waals surface area (Å²) in [5.41, 5.74) is 0.942. The maximum Gasteiger partial charge on any atom is 0.417 e. The Morgan fingerprint density at radius 3 is 2.31 bits per heavy atom. The summed E-state index contributed by atoms with van der Waals surface area (Å²) in [6.07, 6.45) is -2.59.